The van der Waals surface area contributed by atoms with Crippen LogP contribution in [0.2, 0.25) is 0 Å². The summed E-state index contributed by atoms with van der Waals surface area (Å²) >= 11 is 0. The molecule has 0 bridgehead atoms. The highest BCUT2D eigenvalue weighted by Gasteiger charge is 2.29. The summed E-state index contributed by atoms with van der Waals surface area (Å²) in [6, 6.07) is 2.67. The number of amides is 1. The fraction of sp³-hybridized carbons (Fsp3) is 0.533. The van der Waals surface area contributed by atoms with Crippen LogP contribution >= 0.6 is 0 Å². The molecular formula is C15H20F2N2O2. The van der Waals surface area contributed by atoms with Gasteiger partial charge in [0.1, 0.15) is 11.6 Å². The van der Waals surface area contributed by atoms with Crippen LogP contribution in [0.1, 0.15) is 20.8 Å². The summed E-state index contributed by atoms with van der Waals surface area (Å²) in [4.78, 5) is 14.2. The van der Waals surface area contributed by atoms with Crippen molar-refractivity contribution in [3.8, 4) is 0 Å². The molecular weight excluding hydrogens is 278 g/mol. The summed E-state index contributed by atoms with van der Waals surface area (Å²) < 4.78 is 32.0. The number of anilines is 1. The van der Waals surface area contributed by atoms with E-state index in [-0.39, 0.29) is 23.8 Å². The molecule has 1 heterocycles. The third kappa shape index (κ3) is 3.98. The molecule has 1 aromatic rings. The average Bonchev–Trinajstić information content (AvgIpc) is 2.40. The summed E-state index contributed by atoms with van der Waals surface area (Å²) in [6.07, 6.45) is 0.0955. The third-order valence-corrected chi connectivity index (χ3v) is 3.56. The number of halogens is 2. The molecule has 4 nitrogen and oxygen atoms in total. The molecule has 0 saturated carbocycles. The second-order valence-electron chi connectivity index (χ2n) is 5.50. The van der Waals surface area contributed by atoms with E-state index in [0.717, 1.165) is 12.1 Å². The Bertz CT molecular complexity index is 514. The number of carbonyl (C=O) groups excluding carboxylic acids is 1. The Balaban J connectivity index is 2.02. The smallest absolute Gasteiger partial charge is 0.241 e. The van der Waals surface area contributed by atoms with Gasteiger partial charge in [-0.25, -0.2) is 8.78 Å². The minimum atomic E-state index is -0.778. The predicted molar refractivity (Wildman–Crippen MR) is 76.0 cm³/mol. The third-order valence-electron chi connectivity index (χ3n) is 3.56. The van der Waals surface area contributed by atoms with Crippen LogP contribution in [0.5, 0.6) is 0 Å². The van der Waals surface area contributed by atoms with Gasteiger partial charge in [-0.3, -0.25) is 9.69 Å². The minimum absolute atomic E-state index is 0.0115. The van der Waals surface area contributed by atoms with Gasteiger partial charge < -0.3 is 10.1 Å². The fourth-order valence-corrected chi connectivity index (χ4v) is 2.53. The number of morpholine rings is 1. The van der Waals surface area contributed by atoms with E-state index in [4.69, 9.17) is 4.74 Å². The Morgan fingerprint density at radius 2 is 1.95 bits per heavy atom. The molecule has 6 heteroatoms. The van der Waals surface area contributed by atoms with E-state index in [1.54, 1.807) is 6.92 Å². The number of carbonyl (C=O) groups is 1. The van der Waals surface area contributed by atoms with E-state index in [0.29, 0.717) is 13.1 Å². The summed E-state index contributed by atoms with van der Waals surface area (Å²) in [5.74, 6) is -1.77. The van der Waals surface area contributed by atoms with Crippen LogP contribution in [-0.2, 0) is 9.53 Å². The Labute approximate surface area is 123 Å². The maximum atomic E-state index is 13.6. The Hall–Kier alpha value is -1.53. The summed E-state index contributed by atoms with van der Waals surface area (Å²) in [7, 11) is 0. The van der Waals surface area contributed by atoms with Crippen molar-refractivity contribution in [2.45, 2.75) is 39.0 Å². The zero-order valence-electron chi connectivity index (χ0n) is 12.4. The first kappa shape index (κ1) is 15.9. The molecule has 2 rings (SSSR count). The standard InChI is InChI=1S/C15H20F2N2O2/c1-9-7-19(8-10(2)21-9)11(3)15(20)18-14-5-4-12(16)6-13(14)17/h4-6,9-11H,7-8H2,1-3H3,(H,18,20)/t9-,10+,11-/m0/s1. The van der Waals surface area contributed by atoms with Gasteiger partial charge in [0.15, 0.2) is 0 Å². The molecule has 1 aliphatic rings. The number of benzene rings is 1. The molecule has 1 fully saturated rings. The van der Waals surface area contributed by atoms with Gasteiger partial charge in [-0.1, -0.05) is 0 Å². The van der Waals surface area contributed by atoms with E-state index in [9.17, 15) is 13.6 Å². The molecule has 21 heavy (non-hydrogen) atoms. The lowest BCUT2D eigenvalue weighted by atomic mass is 10.1. The topological polar surface area (TPSA) is 41.6 Å². The number of ether oxygens (including phenoxy) is 1. The van der Waals surface area contributed by atoms with Crippen LogP contribution in [0.15, 0.2) is 18.2 Å². The van der Waals surface area contributed by atoms with Crippen LogP contribution in [0.4, 0.5) is 14.5 Å². The molecule has 1 saturated heterocycles. The largest absolute Gasteiger partial charge is 0.373 e. The van der Waals surface area contributed by atoms with Gasteiger partial charge in [0.05, 0.1) is 23.9 Å². The molecule has 0 unspecified atom stereocenters. The lowest BCUT2D eigenvalue weighted by molar-refractivity contribution is -0.126. The quantitative estimate of drug-likeness (QED) is 0.931. The minimum Gasteiger partial charge on any atom is -0.373 e. The summed E-state index contributed by atoms with van der Waals surface area (Å²) in [5, 5.41) is 2.50. The molecule has 0 aliphatic carbocycles. The fourth-order valence-electron chi connectivity index (χ4n) is 2.53. The van der Waals surface area contributed by atoms with Gasteiger partial charge in [0.25, 0.3) is 0 Å². The van der Waals surface area contributed by atoms with Crippen molar-refractivity contribution in [2.24, 2.45) is 0 Å². The van der Waals surface area contributed by atoms with Crippen LogP contribution < -0.4 is 5.32 Å². The second-order valence-corrected chi connectivity index (χ2v) is 5.50. The van der Waals surface area contributed by atoms with E-state index in [1.165, 1.54) is 6.07 Å². The predicted octanol–water partition coefficient (Wildman–Crippen LogP) is 2.40. The van der Waals surface area contributed by atoms with Crippen molar-refractivity contribution in [1.82, 2.24) is 4.90 Å². The van der Waals surface area contributed by atoms with E-state index in [2.05, 4.69) is 5.32 Å². The summed E-state index contributed by atoms with van der Waals surface area (Å²) in [6.45, 7) is 6.96. The Kier molecular flexibility index (Phi) is 4.90. The van der Waals surface area contributed by atoms with Crippen molar-refractivity contribution in [2.75, 3.05) is 18.4 Å². The highest BCUT2D eigenvalue weighted by molar-refractivity contribution is 5.94. The number of nitrogens with zero attached hydrogens (tertiary/aromatic N) is 1. The molecule has 1 amide bonds. The molecule has 1 aliphatic heterocycles. The zero-order chi connectivity index (χ0) is 15.6. The monoisotopic (exact) mass is 298 g/mol. The van der Waals surface area contributed by atoms with Crippen LogP contribution in [0.3, 0.4) is 0 Å². The molecule has 1 N–H and O–H groups in total. The number of nitrogens with one attached hydrogen (secondary N) is 1. The Morgan fingerprint density at radius 3 is 2.52 bits per heavy atom. The Morgan fingerprint density at radius 1 is 1.33 bits per heavy atom. The molecule has 1 aromatic carbocycles. The normalized spacial score (nSPS) is 24.6. The molecule has 3 atom stereocenters. The molecule has 0 spiro atoms. The van der Waals surface area contributed by atoms with Crippen molar-refractivity contribution in [3.63, 3.8) is 0 Å². The SMILES string of the molecule is C[C@@H]1CN([C@@H](C)C(=O)Nc2ccc(F)cc2F)C[C@H](C)O1. The van der Waals surface area contributed by atoms with Gasteiger partial charge in [0, 0.05) is 19.2 Å². The highest BCUT2D eigenvalue weighted by atomic mass is 19.1. The van der Waals surface area contributed by atoms with Gasteiger partial charge >= 0.3 is 0 Å². The number of hydrogen-bond donors (Lipinski definition) is 1. The van der Waals surface area contributed by atoms with Crippen LogP contribution in [0, 0.1) is 11.6 Å². The molecule has 0 radical (unpaired) electrons. The average molecular weight is 298 g/mol. The number of hydrogen-bond acceptors (Lipinski definition) is 3. The van der Waals surface area contributed by atoms with Crippen molar-refractivity contribution in [3.05, 3.63) is 29.8 Å². The van der Waals surface area contributed by atoms with E-state index in [1.807, 2.05) is 18.7 Å². The van der Waals surface area contributed by atoms with Gasteiger partial charge in [-0.15, -0.1) is 0 Å². The van der Waals surface area contributed by atoms with Crippen LogP contribution in [0.25, 0.3) is 0 Å². The lowest BCUT2D eigenvalue weighted by Gasteiger charge is -2.38. The first-order chi connectivity index (χ1) is 9.86. The second kappa shape index (κ2) is 6.49. The maximum Gasteiger partial charge on any atom is 0.241 e. The lowest BCUT2D eigenvalue weighted by Crippen LogP contribution is -2.52. The maximum absolute atomic E-state index is 13.6. The van der Waals surface area contributed by atoms with Crippen molar-refractivity contribution in [1.29, 1.82) is 0 Å². The van der Waals surface area contributed by atoms with Crippen molar-refractivity contribution < 1.29 is 18.3 Å². The highest BCUT2D eigenvalue weighted by Crippen LogP contribution is 2.18. The van der Waals surface area contributed by atoms with Gasteiger partial charge in [0.2, 0.25) is 5.91 Å². The van der Waals surface area contributed by atoms with E-state index >= 15 is 0 Å². The van der Waals surface area contributed by atoms with Crippen molar-refractivity contribution >= 4 is 11.6 Å². The first-order valence-corrected chi connectivity index (χ1v) is 7.02. The number of rotatable bonds is 3. The first-order valence-electron chi connectivity index (χ1n) is 7.02. The van der Waals surface area contributed by atoms with E-state index < -0.39 is 17.7 Å². The van der Waals surface area contributed by atoms with Gasteiger partial charge in [-0.05, 0) is 32.9 Å². The molecule has 0 aromatic heterocycles. The van der Waals surface area contributed by atoms with Gasteiger partial charge in [-0.2, -0.15) is 0 Å². The zero-order valence-corrected chi connectivity index (χ0v) is 12.4. The van der Waals surface area contributed by atoms with Crippen LogP contribution in [-0.4, -0.2) is 42.1 Å². The summed E-state index contributed by atoms with van der Waals surface area (Å²) in [5.41, 5.74) is -0.0115. The molecule has 116 valence electrons.